The minimum atomic E-state index is -0.772. The Morgan fingerprint density at radius 2 is 1.39 bits per heavy atom. The number of amides is 1. The normalized spacial score (nSPS) is 18.2. The number of rotatable bonds is 13. The molecule has 2 aliphatic heterocycles. The summed E-state index contributed by atoms with van der Waals surface area (Å²) in [7, 11) is 14.1. The lowest BCUT2D eigenvalue weighted by Gasteiger charge is -2.48. The van der Waals surface area contributed by atoms with Crippen molar-refractivity contribution in [2.45, 2.75) is 62.3 Å². The zero-order valence-electron chi connectivity index (χ0n) is 37.0. The van der Waals surface area contributed by atoms with E-state index in [9.17, 15) is 20.3 Å². The number of phenolic OH excluding ortho intramolecular Hbond substituents is 2. The van der Waals surface area contributed by atoms with Crippen molar-refractivity contribution >= 4 is 34.3 Å². The monoisotopic (exact) mass is 860 g/mol. The van der Waals surface area contributed by atoms with Crippen LogP contribution in [0.4, 0.5) is 5.69 Å². The first-order valence-electron chi connectivity index (χ1n) is 20.5. The molecular weight excluding hydrogens is 805 g/mol. The molecule has 4 N–H and O–H groups in total. The molecule has 0 spiro atoms. The molecule has 0 radical (unpaired) electrons. The van der Waals surface area contributed by atoms with Crippen molar-refractivity contribution in [2.24, 2.45) is 0 Å². The Bertz CT molecular complexity index is 2540. The molecule has 2 aliphatic rings. The van der Waals surface area contributed by atoms with Gasteiger partial charge in [-0.2, -0.15) is 5.26 Å². The van der Waals surface area contributed by atoms with Gasteiger partial charge in [0.05, 0.1) is 46.6 Å². The predicted octanol–water partition coefficient (Wildman–Crippen LogP) is 7.21. The Balaban J connectivity index is 1.21. The van der Waals surface area contributed by atoms with E-state index in [1.165, 1.54) is 25.0 Å². The number of fused-ring (bicyclic) bond motifs is 4. The van der Waals surface area contributed by atoms with E-state index in [4.69, 9.17) is 18.9 Å². The lowest BCUT2D eigenvalue weighted by atomic mass is 9.80. The highest BCUT2D eigenvalue weighted by Gasteiger charge is 2.50. The van der Waals surface area contributed by atoms with Crippen LogP contribution in [0, 0.1) is 25.2 Å². The minimum absolute atomic E-state index is 0.0150. The molecular formula is C48H56N6O7S. The van der Waals surface area contributed by atoms with Gasteiger partial charge in [0.1, 0.15) is 17.5 Å². The topological polar surface area (TPSA) is 152 Å². The SMILES string of the molecule is COc1c(C)c(OC)c2c(c1O)C(CNC(=O)c1ccc(CNSc3cccc4c(N(C)C)cccc34)cc1)N1C(C2)[C@H](N(C)C)c2c(O)c(OC)c(C)c(OC)c2C[C@@H]1C#N. The van der Waals surface area contributed by atoms with E-state index in [0.717, 1.165) is 21.7 Å². The van der Waals surface area contributed by atoms with Crippen LogP contribution in [0.1, 0.15) is 61.4 Å². The molecule has 0 saturated carbocycles. The zero-order chi connectivity index (χ0) is 44.6. The summed E-state index contributed by atoms with van der Waals surface area (Å²) in [5, 5.41) is 40.6. The van der Waals surface area contributed by atoms with Crippen molar-refractivity contribution in [1.82, 2.24) is 19.8 Å². The molecule has 14 heteroatoms. The first-order valence-corrected chi connectivity index (χ1v) is 21.3. The highest BCUT2D eigenvalue weighted by Crippen LogP contribution is 2.56. The Kier molecular flexibility index (Phi) is 13.0. The maximum Gasteiger partial charge on any atom is 0.251 e. The third kappa shape index (κ3) is 7.68. The number of hydrogen-bond acceptors (Lipinski definition) is 13. The quantitative estimate of drug-likeness (QED) is 0.0884. The number of carbonyl (C=O) groups is 1. The number of benzene rings is 5. The van der Waals surface area contributed by atoms with Gasteiger partial charge in [-0.15, -0.1) is 0 Å². The number of likely N-dealkylation sites (N-methyl/N-ethyl adjacent to an activating group) is 1. The number of carbonyl (C=O) groups excluding carboxylic acids is 1. The largest absolute Gasteiger partial charge is 0.504 e. The van der Waals surface area contributed by atoms with Crippen LogP contribution in [0.3, 0.4) is 0 Å². The summed E-state index contributed by atoms with van der Waals surface area (Å²) in [6, 6.07) is 20.2. The van der Waals surface area contributed by atoms with Gasteiger partial charge in [-0.1, -0.05) is 36.4 Å². The second kappa shape index (κ2) is 18.2. The number of phenols is 2. The maximum absolute atomic E-state index is 14.1. The second-order valence-electron chi connectivity index (χ2n) is 16.2. The van der Waals surface area contributed by atoms with Gasteiger partial charge in [-0.25, -0.2) is 0 Å². The van der Waals surface area contributed by atoms with Crippen LogP contribution in [-0.4, -0.2) is 101 Å². The standard InChI is InChI=1S/C48H56N6O7S/c1-26-44(58-7)33-21-30(23-49)54-36(41(53(5)6)40(33)43(56)47(26)61-10)22-34-39(42(55)46(60-9)27(2)45(34)59-8)37(54)25-50-48(57)29-19-17-28(18-20-29)24-51-62-38-16-12-13-31-32(38)14-11-15-35(31)52(3)4/h11-20,30,36-37,41,51,55-56H,21-22,24-25H2,1-10H3,(H,50,57)/t30-,36?,37?,41+/m1/s1. The van der Waals surface area contributed by atoms with Gasteiger partial charge >= 0.3 is 0 Å². The molecule has 13 nitrogen and oxygen atoms in total. The summed E-state index contributed by atoms with van der Waals surface area (Å²) in [4.78, 5) is 21.4. The molecule has 0 saturated heterocycles. The number of methoxy groups -OCH3 is 4. The Morgan fingerprint density at radius 1 is 0.806 bits per heavy atom. The van der Waals surface area contributed by atoms with Gasteiger partial charge < -0.3 is 44.3 Å². The summed E-state index contributed by atoms with van der Waals surface area (Å²) < 4.78 is 27.0. The fourth-order valence-corrected chi connectivity index (χ4v) is 10.6. The molecule has 62 heavy (non-hydrogen) atoms. The number of anilines is 1. The minimum Gasteiger partial charge on any atom is -0.504 e. The highest BCUT2D eigenvalue weighted by atomic mass is 32.2. The van der Waals surface area contributed by atoms with Crippen LogP contribution >= 0.6 is 11.9 Å². The van der Waals surface area contributed by atoms with Gasteiger partial charge in [-0.05, 0) is 81.5 Å². The lowest BCUT2D eigenvalue weighted by molar-refractivity contribution is 0.0380. The molecule has 4 atom stereocenters. The molecule has 5 aromatic rings. The van der Waals surface area contributed by atoms with Crippen molar-refractivity contribution in [2.75, 3.05) is 68.1 Å². The van der Waals surface area contributed by atoms with E-state index in [1.807, 2.05) is 59.1 Å². The van der Waals surface area contributed by atoms with Crippen molar-refractivity contribution in [1.29, 1.82) is 5.26 Å². The summed E-state index contributed by atoms with van der Waals surface area (Å²) in [6.45, 7) is 4.26. The number of nitrogens with zero attached hydrogens (tertiary/aromatic N) is 4. The van der Waals surface area contributed by atoms with Crippen LogP contribution in [0.25, 0.3) is 10.8 Å². The van der Waals surface area contributed by atoms with Crippen LogP contribution < -0.4 is 33.9 Å². The Morgan fingerprint density at radius 3 is 1.97 bits per heavy atom. The highest BCUT2D eigenvalue weighted by molar-refractivity contribution is 7.97. The van der Waals surface area contributed by atoms with Crippen LogP contribution in [0.2, 0.25) is 0 Å². The summed E-state index contributed by atoms with van der Waals surface area (Å²) in [5.41, 5.74) is 6.42. The first-order chi connectivity index (χ1) is 29.8. The summed E-state index contributed by atoms with van der Waals surface area (Å²) in [6.07, 6.45) is 0.533. The van der Waals surface area contributed by atoms with Crippen LogP contribution in [0.15, 0.2) is 65.6 Å². The van der Waals surface area contributed by atoms with Crippen molar-refractivity contribution in [3.8, 4) is 40.6 Å². The molecule has 2 unspecified atom stereocenters. The van der Waals surface area contributed by atoms with Gasteiger partial charge in [-0.3, -0.25) is 14.4 Å². The number of ether oxygens (including phenoxy) is 4. The lowest BCUT2D eigenvalue weighted by Crippen LogP contribution is -2.55. The number of nitrogens with one attached hydrogen (secondary N) is 2. The van der Waals surface area contributed by atoms with Crippen LogP contribution in [-0.2, 0) is 19.4 Å². The maximum atomic E-state index is 14.1. The third-order valence-corrected chi connectivity index (χ3v) is 13.3. The summed E-state index contributed by atoms with van der Waals surface area (Å²) >= 11 is 1.57. The van der Waals surface area contributed by atoms with Gasteiger partial charge in [0.25, 0.3) is 5.91 Å². The summed E-state index contributed by atoms with van der Waals surface area (Å²) in [5.74, 6) is 1.24. The molecule has 7 rings (SSSR count). The number of nitriles is 1. The molecule has 0 aromatic heterocycles. The van der Waals surface area contributed by atoms with Gasteiger partial charge in [0.2, 0.25) is 0 Å². The Hall–Kier alpha value is -5.85. The molecule has 326 valence electrons. The molecule has 0 fully saturated rings. The number of aromatic hydroxyl groups is 2. The van der Waals surface area contributed by atoms with Gasteiger partial charge in [0, 0.05) is 94.6 Å². The average Bonchev–Trinajstić information content (AvgIpc) is 3.40. The predicted molar refractivity (Wildman–Crippen MR) is 243 cm³/mol. The molecule has 5 aromatic carbocycles. The van der Waals surface area contributed by atoms with E-state index in [2.05, 4.69) is 62.3 Å². The van der Waals surface area contributed by atoms with Crippen molar-refractivity contribution in [3.63, 3.8) is 0 Å². The molecule has 0 aliphatic carbocycles. The molecule has 1 amide bonds. The second-order valence-corrected chi connectivity index (χ2v) is 17.1. The molecule has 0 bridgehead atoms. The van der Waals surface area contributed by atoms with E-state index < -0.39 is 24.2 Å². The van der Waals surface area contributed by atoms with Crippen molar-refractivity contribution < 1.29 is 34.0 Å². The fourth-order valence-electron chi connectivity index (χ4n) is 9.76. The smallest absolute Gasteiger partial charge is 0.251 e. The van der Waals surface area contributed by atoms with Crippen molar-refractivity contribution in [3.05, 3.63) is 105 Å². The number of hydrogen-bond donors (Lipinski definition) is 4. The fraction of sp³-hybridized carbons (Fsp3) is 0.375. The van der Waals surface area contributed by atoms with Gasteiger partial charge in [0.15, 0.2) is 23.0 Å². The van der Waals surface area contributed by atoms with Crippen LogP contribution in [0.5, 0.6) is 34.5 Å². The van der Waals surface area contributed by atoms with E-state index >= 15 is 0 Å². The molecule has 2 heterocycles. The average molecular weight is 861 g/mol. The third-order valence-electron chi connectivity index (χ3n) is 12.4. The van der Waals surface area contributed by atoms with E-state index in [1.54, 1.807) is 38.3 Å². The Labute approximate surface area is 368 Å². The van der Waals surface area contributed by atoms with E-state index in [0.29, 0.717) is 63.6 Å². The van der Waals surface area contributed by atoms with E-state index in [-0.39, 0.29) is 36.1 Å². The zero-order valence-corrected chi connectivity index (χ0v) is 37.9. The first kappa shape index (κ1) is 44.2.